The minimum Gasteiger partial charge on any atom is -0.393 e. The molecule has 0 spiro atoms. The molecule has 0 radical (unpaired) electrons. The van der Waals surface area contributed by atoms with Crippen molar-refractivity contribution in [3.05, 3.63) is 0 Å². The smallest absolute Gasteiger partial charge is 0.0575 e. The van der Waals surface area contributed by atoms with E-state index in [2.05, 4.69) is 0 Å². The summed E-state index contributed by atoms with van der Waals surface area (Å²) in [7, 11) is 0. The van der Waals surface area contributed by atoms with E-state index in [-0.39, 0.29) is 6.10 Å². The summed E-state index contributed by atoms with van der Waals surface area (Å²) in [6, 6.07) is 0. The summed E-state index contributed by atoms with van der Waals surface area (Å²) in [5.41, 5.74) is 0. The Morgan fingerprint density at radius 3 is 2.73 bits per heavy atom. The summed E-state index contributed by atoms with van der Waals surface area (Å²) in [6.07, 6.45) is 6.06. The van der Waals surface area contributed by atoms with E-state index in [9.17, 15) is 0 Å². The van der Waals surface area contributed by atoms with Crippen LogP contribution in [-0.4, -0.2) is 23.9 Å². The number of ether oxygens (including phenoxy) is 1. The van der Waals surface area contributed by atoms with Gasteiger partial charge < -0.3 is 9.84 Å². The first-order valence-corrected chi connectivity index (χ1v) is 4.58. The molecule has 0 bridgehead atoms. The van der Waals surface area contributed by atoms with E-state index < -0.39 is 0 Å². The molecule has 11 heavy (non-hydrogen) atoms. The summed E-state index contributed by atoms with van der Waals surface area (Å²) in [4.78, 5) is 0. The molecule has 0 aliphatic heterocycles. The van der Waals surface area contributed by atoms with Crippen LogP contribution >= 0.6 is 0 Å². The van der Waals surface area contributed by atoms with Crippen LogP contribution in [0.15, 0.2) is 0 Å². The maximum absolute atomic E-state index is 8.93. The molecule has 0 aromatic carbocycles. The molecule has 1 aliphatic rings. The van der Waals surface area contributed by atoms with Crippen molar-refractivity contribution < 1.29 is 9.84 Å². The first-order chi connectivity index (χ1) is 5.29. The summed E-state index contributed by atoms with van der Waals surface area (Å²) in [5, 5.41) is 8.93. The topological polar surface area (TPSA) is 29.5 Å². The molecule has 66 valence electrons. The summed E-state index contributed by atoms with van der Waals surface area (Å²) in [5.74, 6) is 0. The Hall–Kier alpha value is -0.0800. The van der Waals surface area contributed by atoms with E-state index in [1.807, 2.05) is 6.92 Å². The van der Waals surface area contributed by atoms with Gasteiger partial charge in [-0.1, -0.05) is 0 Å². The van der Waals surface area contributed by atoms with Gasteiger partial charge in [-0.2, -0.15) is 0 Å². The monoisotopic (exact) mass is 158 g/mol. The first-order valence-electron chi connectivity index (χ1n) is 4.58. The highest BCUT2D eigenvalue weighted by Gasteiger charge is 2.16. The molecule has 1 rings (SSSR count). The molecule has 1 unspecified atom stereocenters. The molecule has 1 fully saturated rings. The number of hydrogen-bond donors (Lipinski definition) is 1. The third kappa shape index (κ3) is 3.73. The van der Waals surface area contributed by atoms with Gasteiger partial charge in [-0.3, -0.25) is 0 Å². The van der Waals surface area contributed by atoms with Crippen molar-refractivity contribution in [1.82, 2.24) is 0 Å². The average molecular weight is 158 g/mol. The Balaban J connectivity index is 1.80. The third-order valence-electron chi connectivity index (χ3n) is 2.17. The summed E-state index contributed by atoms with van der Waals surface area (Å²) < 4.78 is 5.52. The van der Waals surface area contributed by atoms with Gasteiger partial charge >= 0.3 is 0 Å². The van der Waals surface area contributed by atoms with Crippen molar-refractivity contribution in [3.63, 3.8) is 0 Å². The van der Waals surface area contributed by atoms with Crippen molar-refractivity contribution >= 4 is 0 Å². The maximum atomic E-state index is 8.93. The highest BCUT2D eigenvalue weighted by Crippen LogP contribution is 2.21. The summed E-state index contributed by atoms with van der Waals surface area (Å²) in [6.45, 7) is 2.65. The van der Waals surface area contributed by atoms with Crippen LogP contribution in [0.5, 0.6) is 0 Å². The van der Waals surface area contributed by atoms with Crippen LogP contribution in [0.4, 0.5) is 0 Å². The quantitative estimate of drug-likeness (QED) is 0.617. The van der Waals surface area contributed by atoms with Gasteiger partial charge in [0.25, 0.3) is 0 Å². The Bertz CT molecular complexity index is 97.7. The van der Waals surface area contributed by atoms with Gasteiger partial charge in [0.05, 0.1) is 12.2 Å². The van der Waals surface area contributed by atoms with Crippen LogP contribution in [-0.2, 0) is 4.74 Å². The average Bonchev–Trinajstić information content (AvgIpc) is 1.82. The van der Waals surface area contributed by atoms with Crippen molar-refractivity contribution in [2.24, 2.45) is 0 Å². The van der Waals surface area contributed by atoms with E-state index in [1.54, 1.807) is 0 Å². The molecule has 0 aromatic heterocycles. The normalized spacial score (nSPS) is 21.3. The molecule has 2 nitrogen and oxygen atoms in total. The fourth-order valence-electron chi connectivity index (χ4n) is 1.17. The minimum atomic E-state index is -0.167. The molecule has 1 saturated carbocycles. The fraction of sp³-hybridized carbons (Fsp3) is 1.00. The Labute approximate surface area is 68.6 Å². The molecular weight excluding hydrogens is 140 g/mol. The molecule has 0 saturated heterocycles. The predicted molar refractivity (Wildman–Crippen MR) is 44.5 cm³/mol. The van der Waals surface area contributed by atoms with Crippen molar-refractivity contribution in [1.29, 1.82) is 0 Å². The molecular formula is C9H18O2. The standard InChI is InChI=1S/C9H18O2/c1-8(10)4-3-7-11-9-5-2-6-9/h8-10H,2-7H2,1H3. The predicted octanol–water partition coefficient (Wildman–Crippen LogP) is 1.72. The van der Waals surface area contributed by atoms with E-state index in [0.717, 1.165) is 19.4 Å². The highest BCUT2D eigenvalue weighted by molar-refractivity contribution is 4.68. The lowest BCUT2D eigenvalue weighted by atomic mass is 9.96. The SMILES string of the molecule is CC(O)CCCOC1CCC1. The van der Waals surface area contributed by atoms with E-state index in [1.165, 1.54) is 19.3 Å². The molecule has 2 heteroatoms. The third-order valence-corrected chi connectivity index (χ3v) is 2.17. The Morgan fingerprint density at radius 1 is 1.55 bits per heavy atom. The van der Waals surface area contributed by atoms with Gasteiger partial charge in [-0.05, 0) is 39.0 Å². The number of aliphatic hydroxyl groups is 1. The minimum absolute atomic E-state index is 0.167. The number of aliphatic hydroxyl groups excluding tert-OH is 1. The molecule has 1 aliphatic carbocycles. The van der Waals surface area contributed by atoms with E-state index in [4.69, 9.17) is 9.84 Å². The molecule has 0 aromatic rings. The van der Waals surface area contributed by atoms with Crippen molar-refractivity contribution in [2.45, 2.75) is 51.2 Å². The largest absolute Gasteiger partial charge is 0.393 e. The maximum Gasteiger partial charge on any atom is 0.0575 e. The number of rotatable bonds is 5. The van der Waals surface area contributed by atoms with Crippen molar-refractivity contribution in [3.8, 4) is 0 Å². The zero-order valence-electron chi connectivity index (χ0n) is 7.25. The lowest BCUT2D eigenvalue weighted by Gasteiger charge is -2.25. The lowest BCUT2D eigenvalue weighted by Crippen LogP contribution is -2.22. The molecule has 0 heterocycles. The van der Waals surface area contributed by atoms with Crippen molar-refractivity contribution in [2.75, 3.05) is 6.61 Å². The van der Waals surface area contributed by atoms with Gasteiger partial charge in [0.15, 0.2) is 0 Å². The Morgan fingerprint density at radius 2 is 2.27 bits per heavy atom. The fourth-order valence-corrected chi connectivity index (χ4v) is 1.17. The van der Waals surface area contributed by atoms with Crippen LogP contribution in [0.3, 0.4) is 0 Å². The second kappa shape index (κ2) is 4.73. The highest BCUT2D eigenvalue weighted by atomic mass is 16.5. The molecule has 0 amide bonds. The van der Waals surface area contributed by atoms with E-state index in [0.29, 0.717) is 6.10 Å². The molecule has 1 N–H and O–H groups in total. The van der Waals surface area contributed by atoms with Gasteiger partial charge in [-0.25, -0.2) is 0 Å². The van der Waals surface area contributed by atoms with Gasteiger partial charge in [-0.15, -0.1) is 0 Å². The van der Waals surface area contributed by atoms with Gasteiger partial charge in [0, 0.05) is 6.61 Å². The molecule has 1 atom stereocenters. The first kappa shape index (κ1) is 9.01. The second-order valence-corrected chi connectivity index (χ2v) is 3.41. The Kier molecular flexibility index (Phi) is 3.87. The zero-order chi connectivity index (χ0) is 8.10. The van der Waals surface area contributed by atoms with Crippen LogP contribution in [0.25, 0.3) is 0 Å². The zero-order valence-corrected chi connectivity index (χ0v) is 7.25. The van der Waals surface area contributed by atoms with Crippen LogP contribution in [0.1, 0.15) is 39.0 Å². The summed E-state index contributed by atoms with van der Waals surface area (Å²) >= 11 is 0. The lowest BCUT2D eigenvalue weighted by molar-refractivity contribution is -0.00252. The number of hydrogen-bond acceptors (Lipinski definition) is 2. The van der Waals surface area contributed by atoms with Gasteiger partial charge in [0.2, 0.25) is 0 Å². The van der Waals surface area contributed by atoms with Crippen LogP contribution in [0.2, 0.25) is 0 Å². The van der Waals surface area contributed by atoms with Crippen LogP contribution in [0, 0.1) is 0 Å². The van der Waals surface area contributed by atoms with Crippen LogP contribution < -0.4 is 0 Å². The second-order valence-electron chi connectivity index (χ2n) is 3.41. The van der Waals surface area contributed by atoms with Gasteiger partial charge in [0.1, 0.15) is 0 Å². The van der Waals surface area contributed by atoms with E-state index >= 15 is 0 Å².